The van der Waals surface area contributed by atoms with Gasteiger partial charge in [-0.2, -0.15) is 0 Å². The van der Waals surface area contributed by atoms with E-state index in [9.17, 15) is 14.4 Å². The molecule has 1 aliphatic rings. The Morgan fingerprint density at radius 1 is 1.38 bits per heavy atom. The molecule has 0 spiro atoms. The molecule has 4 amide bonds. The predicted octanol–water partition coefficient (Wildman–Crippen LogP) is 1.65. The van der Waals surface area contributed by atoms with Crippen LogP contribution < -0.4 is 10.6 Å². The Labute approximate surface area is 123 Å². The molecule has 2 rings (SSSR count). The zero-order valence-corrected chi connectivity index (χ0v) is 12.4. The van der Waals surface area contributed by atoms with Gasteiger partial charge in [0.25, 0.3) is 5.91 Å². The summed E-state index contributed by atoms with van der Waals surface area (Å²) in [7, 11) is 0. The van der Waals surface area contributed by atoms with Crippen molar-refractivity contribution in [2.75, 3.05) is 11.9 Å². The number of carbonyl (C=O) groups is 3. The van der Waals surface area contributed by atoms with E-state index in [1.165, 1.54) is 4.90 Å². The first-order chi connectivity index (χ1) is 9.86. The van der Waals surface area contributed by atoms with E-state index < -0.39 is 11.6 Å². The second-order valence-corrected chi connectivity index (χ2v) is 5.39. The highest BCUT2D eigenvalue weighted by Gasteiger charge is 2.48. The standard InChI is InChI=1S/C15H19N3O3/c1-4-15(3)13(20)17-14(21)18(15)9-12(19)16-11-7-5-6-10(2)8-11/h5-8H,4,9H2,1-3H3,(H,16,19)(H,17,20,21). The van der Waals surface area contributed by atoms with Crippen LogP contribution in [0.25, 0.3) is 0 Å². The highest BCUT2D eigenvalue weighted by atomic mass is 16.2. The van der Waals surface area contributed by atoms with Crippen molar-refractivity contribution in [3.05, 3.63) is 29.8 Å². The lowest BCUT2D eigenvalue weighted by atomic mass is 9.97. The number of nitrogens with one attached hydrogen (secondary N) is 2. The molecule has 1 fully saturated rings. The maximum Gasteiger partial charge on any atom is 0.325 e. The van der Waals surface area contributed by atoms with Crippen LogP contribution in [0, 0.1) is 6.92 Å². The van der Waals surface area contributed by atoms with Crippen LogP contribution in [0.3, 0.4) is 0 Å². The monoisotopic (exact) mass is 289 g/mol. The number of urea groups is 1. The zero-order chi connectivity index (χ0) is 15.6. The zero-order valence-electron chi connectivity index (χ0n) is 12.4. The number of carbonyl (C=O) groups excluding carboxylic acids is 3. The minimum absolute atomic E-state index is 0.157. The van der Waals surface area contributed by atoms with Gasteiger partial charge in [-0.1, -0.05) is 19.1 Å². The van der Waals surface area contributed by atoms with Gasteiger partial charge in [0.15, 0.2) is 0 Å². The van der Waals surface area contributed by atoms with E-state index in [1.54, 1.807) is 13.0 Å². The quantitative estimate of drug-likeness (QED) is 0.827. The molecule has 1 heterocycles. The predicted molar refractivity (Wildman–Crippen MR) is 78.7 cm³/mol. The van der Waals surface area contributed by atoms with Crippen LogP contribution in [0.2, 0.25) is 0 Å². The molecule has 21 heavy (non-hydrogen) atoms. The fraction of sp³-hybridized carbons (Fsp3) is 0.400. The van der Waals surface area contributed by atoms with Gasteiger partial charge in [0.2, 0.25) is 5.91 Å². The second-order valence-electron chi connectivity index (χ2n) is 5.39. The third-order valence-corrected chi connectivity index (χ3v) is 3.84. The molecule has 1 aromatic rings. The minimum atomic E-state index is -0.971. The van der Waals surface area contributed by atoms with Gasteiger partial charge < -0.3 is 10.2 Å². The van der Waals surface area contributed by atoms with Crippen molar-refractivity contribution >= 4 is 23.5 Å². The number of hydrogen-bond acceptors (Lipinski definition) is 3. The molecule has 0 aliphatic carbocycles. The third-order valence-electron chi connectivity index (χ3n) is 3.84. The molecule has 2 N–H and O–H groups in total. The van der Waals surface area contributed by atoms with Crippen molar-refractivity contribution in [3.8, 4) is 0 Å². The average molecular weight is 289 g/mol. The SMILES string of the molecule is CCC1(C)C(=O)NC(=O)N1CC(=O)Nc1cccc(C)c1. The number of hydrogen-bond donors (Lipinski definition) is 2. The Kier molecular flexibility index (Phi) is 3.97. The van der Waals surface area contributed by atoms with Crippen LogP contribution in [0.15, 0.2) is 24.3 Å². The Morgan fingerprint density at radius 2 is 2.10 bits per heavy atom. The van der Waals surface area contributed by atoms with Crippen molar-refractivity contribution in [2.24, 2.45) is 0 Å². The largest absolute Gasteiger partial charge is 0.325 e. The van der Waals surface area contributed by atoms with Gasteiger partial charge in [-0.15, -0.1) is 0 Å². The highest BCUT2D eigenvalue weighted by Crippen LogP contribution is 2.24. The summed E-state index contributed by atoms with van der Waals surface area (Å²) in [5.41, 5.74) is 0.727. The highest BCUT2D eigenvalue weighted by molar-refractivity contribution is 6.08. The third kappa shape index (κ3) is 2.89. The van der Waals surface area contributed by atoms with Crippen molar-refractivity contribution < 1.29 is 14.4 Å². The van der Waals surface area contributed by atoms with Crippen LogP contribution in [0.4, 0.5) is 10.5 Å². The Hall–Kier alpha value is -2.37. The van der Waals surface area contributed by atoms with Gasteiger partial charge in [-0.3, -0.25) is 14.9 Å². The summed E-state index contributed by atoms with van der Waals surface area (Å²) in [6.07, 6.45) is 0.447. The molecule has 1 saturated heterocycles. The van der Waals surface area contributed by atoms with Gasteiger partial charge in [0, 0.05) is 5.69 Å². The molecule has 1 aliphatic heterocycles. The van der Waals surface area contributed by atoms with Gasteiger partial charge in [0.05, 0.1) is 0 Å². The molecule has 6 nitrogen and oxygen atoms in total. The smallest absolute Gasteiger partial charge is 0.325 e. The second kappa shape index (κ2) is 5.55. The molecular formula is C15H19N3O3. The normalized spacial score (nSPS) is 21.4. The van der Waals surface area contributed by atoms with E-state index in [1.807, 2.05) is 32.0 Å². The fourth-order valence-corrected chi connectivity index (χ4v) is 2.31. The first kappa shape index (κ1) is 15.0. The summed E-state index contributed by atoms with van der Waals surface area (Å²) >= 11 is 0. The maximum absolute atomic E-state index is 12.1. The summed E-state index contributed by atoms with van der Waals surface area (Å²) in [6, 6.07) is 6.86. The molecular weight excluding hydrogens is 270 g/mol. The van der Waals surface area contributed by atoms with Crippen LogP contribution in [0.1, 0.15) is 25.8 Å². The fourth-order valence-electron chi connectivity index (χ4n) is 2.31. The molecule has 0 aromatic heterocycles. The lowest BCUT2D eigenvalue weighted by Gasteiger charge is -2.30. The van der Waals surface area contributed by atoms with Gasteiger partial charge >= 0.3 is 6.03 Å². The number of amides is 4. The summed E-state index contributed by atoms with van der Waals surface area (Å²) < 4.78 is 0. The number of nitrogens with zero attached hydrogens (tertiary/aromatic N) is 1. The number of imide groups is 1. The lowest BCUT2D eigenvalue weighted by molar-refractivity contribution is -0.127. The number of benzene rings is 1. The first-order valence-corrected chi connectivity index (χ1v) is 6.86. The molecule has 112 valence electrons. The minimum Gasteiger partial charge on any atom is -0.325 e. The van der Waals surface area contributed by atoms with Crippen LogP contribution in [-0.2, 0) is 9.59 Å². The molecule has 1 aromatic carbocycles. The van der Waals surface area contributed by atoms with Gasteiger partial charge in [0.1, 0.15) is 12.1 Å². The van der Waals surface area contributed by atoms with Gasteiger partial charge in [-0.05, 0) is 38.0 Å². The van der Waals surface area contributed by atoms with Crippen molar-refractivity contribution in [3.63, 3.8) is 0 Å². The number of rotatable bonds is 4. The Bertz CT molecular complexity index is 600. The van der Waals surface area contributed by atoms with Crippen LogP contribution in [0.5, 0.6) is 0 Å². The average Bonchev–Trinajstić information content (AvgIpc) is 2.63. The number of aryl methyl sites for hydroxylation is 1. The number of anilines is 1. The van der Waals surface area contributed by atoms with E-state index in [-0.39, 0.29) is 18.4 Å². The van der Waals surface area contributed by atoms with Gasteiger partial charge in [-0.25, -0.2) is 4.79 Å². The van der Waals surface area contributed by atoms with E-state index in [4.69, 9.17) is 0 Å². The van der Waals surface area contributed by atoms with Crippen molar-refractivity contribution in [1.82, 2.24) is 10.2 Å². The molecule has 0 saturated carbocycles. The molecule has 0 bridgehead atoms. The maximum atomic E-state index is 12.1. The summed E-state index contributed by atoms with van der Waals surface area (Å²) in [4.78, 5) is 37.0. The molecule has 6 heteroatoms. The van der Waals surface area contributed by atoms with Crippen LogP contribution >= 0.6 is 0 Å². The summed E-state index contributed by atoms with van der Waals surface area (Å²) in [6.45, 7) is 5.24. The molecule has 1 atom stereocenters. The molecule has 1 unspecified atom stereocenters. The van der Waals surface area contributed by atoms with E-state index in [2.05, 4.69) is 10.6 Å². The topological polar surface area (TPSA) is 78.5 Å². The molecule has 0 radical (unpaired) electrons. The van der Waals surface area contributed by atoms with E-state index in [0.29, 0.717) is 12.1 Å². The summed E-state index contributed by atoms with van der Waals surface area (Å²) in [5, 5.41) is 4.99. The lowest BCUT2D eigenvalue weighted by Crippen LogP contribution is -2.49. The first-order valence-electron chi connectivity index (χ1n) is 6.86. The Balaban J connectivity index is 2.08. The van der Waals surface area contributed by atoms with E-state index >= 15 is 0 Å². The van der Waals surface area contributed by atoms with Crippen molar-refractivity contribution in [2.45, 2.75) is 32.7 Å². The Morgan fingerprint density at radius 3 is 2.71 bits per heavy atom. The summed E-state index contributed by atoms with van der Waals surface area (Å²) in [5.74, 6) is -0.691. The van der Waals surface area contributed by atoms with E-state index in [0.717, 1.165) is 5.56 Å². The van der Waals surface area contributed by atoms with Crippen LogP contribution in [-0.4, -0.2) is 34.8 Å². The van der Waals surface area contributed by atoms with Crippen molar-refractivity contribution in [1.29, 1.82) is 0 Å².